The van der Waals surface area contributed by atoms with Crippen molar-refractivity contribution in [1.29, 1.82) is 0 Å². The number of carbonyl (C=O) groups is 1. The quantitative estimate of drug-likeness (QED) is 0.598. The molecule has 4 heteroatoms. The zero-order chi connectivity index (χ0) is 10.9. The predicted molar refractivity (Wildman–Crippen MR) is 49.8 cm³/mol. The Morgan fingerprint density at radius 1 is 1.36 bits per heavy atom. The van der Waals surface area contributed by atoms with Crippen LogP contribution >= 0.6 is 0 Å². The molecule has 0 aromatic carbocycles. The van der Waals surface area contributed by atoms with E-state index >= 15 is 0 Å². The molecule has 0 bridgehead atoms. The normalized spacial score (nSPS) is 44.7. The summed E-state index contributed by atoms with van der Waals surface area (Å²) < 4.78 is 0. The topological polar surface area (TPSA) is 60.8 Å². The van der Waals surface area contributed by atoms with E-state index in [4.69, 9.17) is 0 Å². The largest absolute Gasteiger partial charge is 0.379 e. The van der Waals surface area contributed by atoms with Crippen LogP contribution in [0.15, 0.2) is 0 Å². The van der Waals surface area contributed by atoms with Gasteiger partial charge in [-0.2, -0.15) is 5.06 Å². The average Bonchev–Trinajstić information content (AvgIpc) is 2.56. The standard InChI is InChI=1S/C10H17NO3/c1-8(2)5-6-7(12)10(6,13)9(3,4)11(8)14/h6,13-14H,5H2,1-4H3. The highest BCUT2D eigenvalue weighted by molar-refractivity contribution is 6.08. The molecule has 1 aliphatic carbocycles. The van der Waals surface area contributed by atoms with Gasteiger partial charge in [0.15, 0.2) is 11.4 Å². The number of nitrogens with zero attached hydrogens (tertiary/aromatic N) is 1. The zero-order valence-electron chi connectivity index (χ0n) is 9.03. The maximum absolute atomic E-state index is 11.5. The Hall–Kier alpha value is -0.450. The molecule has 80 valence electrons. The number of ketones is 1. The molecule has 2 unspecified atom stereocenters. The minimum atomic E-state index is -1.34. The van der Waals surface area contributed by atoms with Crippen LogP contribution < -0.4 is 0 Å². The Balaban J connectivity index is 2.44. The lowest BCUT2D eigenvalue weighted by Crippen LogP contribution is -2.64. The fourth-order valence-electron chi connectivity index (χ4n) is 2.82. The first kappa shape index (κ1) is 10.1. The molecular formula is C10H17NO3. The van der Waals surface area contributed by atoms with Crippen LogP contribution in [0.25, 0.3) is 0 Å². The van der Waals surface area contributed by atoms with Crippen LogP contribution in [0.2, 0.25) is 0 Å². The van der Waals surface area contributed by atoms with E-state index in [9.17, 15) is 15.1 Å². The minimum absolute atomic E-state index is 0.132. The van der Waals surface area contributed by atoms with Gasteiger partial charge in [0, 0.05) is 5.54 Å². The van der Waals surface area contributed by atoms with Gasteiger partial charge in [0.2, 0.25) is 0 Å². The number of hydrogen-bond donors (Lipinski definition) is 2. The highest BCUT2D eigenvalue weighted by Crippen LogP contribution is 2.58. The third kappa shape index (κ3) is 0.822. The summed E-state index contributed by atoms with van der Waals surface area (Å²) in [7, 11) is 0. The van der Waals surface area contributed by atoms with E-state index in [1.54, 1.807) is 13.8 Å². The van der Waals surface area contributed by atoms with E-state index in [1.807, 2.05) is 13.8 Å². The Kier molecular flexibility index (Phi) is 1.59. The first-order chi connectivity index (χ1) is 6.15. The fraction of sp³-hybridized carbons (Fsp3) is 0.900. The first-order valence-corrected chi connectivity index (χ1v) is 4.91. The second kappa shape index (κ2) is 2.21. The molecule has 0 aromatic heterocycles. The van der Waals surface area contributed by atoms with E-state index in [1.165, 1.54) is 0 Å². The fourth-order valence-corrected chi connectivity index (χ4v) is 2.82. The molecule has 2 fully saturated rings. The molecular weight excluding hydrogens is 182 g/mol. The second-order valence-corrected chi connectivity index (χ2v) is 5.57. The molecule has 0 radical (unpaired) electrons. The number of fused-ring (bicyclic) bond motifs is 1. The average molecular weight is 199 g/mol. The number of piperidine rings is 1. The number of carbonyl (C=O) groups excluding carboxylic acids is 1. The monoisotopic (exact) mass is 199 g/mol. The third-order valence-electron chi connectivity index (χ3n) is 3.85. The first-order valence-electron chi connectivity index (χ1n) is 4.91. The van der Waals surface area contributed by atoms with Crippen molar-refractivity contribution in [3.63, 3.8) is 0 Å². The lowest BCUT2D eigenvalue weighted by atomic mass is 9.80. The summed E-state index contributed by atoms with van der Waals surface area (Å²) in [6, 6.07) is 0. The van der Waals surface area contributed by atoms with Crippen LogP contribution in [0.3, 0.4) is 0 Å². The summed E-state index contributed by atoms with van der Waals surface area (Å²) >= 11 is 0. The Labute approximate surface area is 83.5 Å². The molecule has 1 saturated heterocycles. The van der Waals surface area contributed by atoms with E-state index in [2.05, 4.69) is 0 Å². The second-order valence-electron chi connectivity index (χ2n) is 5.57. The molecule has 0 spiro atoms. The number of aliphatic hydroxyl groups is 1. The van der Waals surface area contributed by atoms with E-state index < -0.39 is 16.7 Å². The molecule has 0 amide bonds. The molecule has 14 heavy (non-hydrogen) atoms. The summed E-state index contributed by atoms with van der Waals surface area (Å²) in [6.07, 6.45) is 0.516. The number of rotatable bonds is 0. The van der Waals surface area contributed by atoms with E-state index in [0.717, 1.165) is 5.06 Å². The SMILES string of the molecule is CC1(C)CC2C(=O)C2(O)C(C)(C)N1O. The molecule has 2 atom stereocenters. The van der Waals surface area contributed by atoms with Crippen LogP contribution in [-0.2, 0) is 4.79 Å². The van der Waals surface area contributed by atoms with Crippen LogP contribution in [0, 0.1) is 5.92 Å². The summed E-state index contributed by atoms with van der Waals surface area (Å²) in [5.74, 6) is -0.428. The minimum Gasteiger partial charge on any atom is -0.379 e. The van der Waals surface area contributed by atoms with Crippen LogP contribution in [0.5, 0.6) is 0 Å². The molecule has 1 heterocycles. The third-order valence-corrected chi connectivity index (χ3v) is 3.85. The predicted octanol–water partition coefficient (Wildman–Crippen LogP) is 0.569. The van der Waals surface area contributed by atoms with E-state index in [-0.39, 0.29) is 11.7 Å². The van der Waals surface area contributed by atoms with Crippen molar-refractivity contribution >= 4 is 5.78 Å². The van der Waals surface area contributed by atoms with Crippen molar-refractivity contribution in [1.82, 2.24) is 5.06 Å². The molecule has 0 aromatic rings. The summed E-state index contributed by atoms with van der Waals surface area (Å²) in [6.45, 7) is 7.15. The van der Waals surface area contributed by atoms with Crippen molar-refractivity contribution in [3.05, 3.63) is 0 Å². The number of hydrogen-bond acceptors (Lipinski definition) is 4. The van der Waals surface area contributed by atoms with Gasteiger partial charge in [-0.3, -0.25) is 4.79 Å². The Bertz CT molecular complexity index is 310. The van der Waals surface area contributed by atoms with Crippen LogP contribution in [0.4, 0.5) is 0 Å². The smallest absolute Gasteiger partial charge is 0.173 e. The van der Waals surface area contributed by atoms with Crippen molar-refractivity contribution < 1.29 is 15.1 Å². The van der Waals surface area contributed by atoms with Crippen molar-refractivity contribution in [2.45, 2.75) is 50.8 Å². The summed E-state index contributed by atoms with van der Waals surface area (Å²) in [4.78, 5) is 11.5. The highest BCUT2D eigenvalue weighted by atomic mass is 16.5. The number of Topliss-reactive ketones (excluding diaryl/α,β-unsaturated/α-hetero) is 1. The molecule has 1 aliphatic heterocycles. The van der Waals surface area contributed by atoms with Crippen LogP contribution in [0.1, 0.15) is 34.1 Å². The maximum Gasteiger partial charge on any atom is 0.173 e. The van der Waals surface area contributed by atoms with Gasteiger partial charge in [-0.1, -0.05) is 0 Å². The molecule has 2 rings (SSSR count). The Morgan fingerprint density at radius 2 is 1.86 bits per heavy atom. The van der Waals surface area contributed by atoms with Crippen molar-refractivity contribution in [3.8, 4) is 0 Å². The summed E-state index contributed by atoms with van der Waals surface area (Å²) in [5, 5.41) is 21.2. The maximum atomic E-state index is 11.5. The molecule has 1 saturated carbocycles. The summed E-state index contributed by atoms with van der Waals surface area (Å²) in [5.41, 5.74) is -2.68. The Morgan fingerprint density at radius 3 is 2.36 bits per heavy atom. The van der Waals surface area contributed by atoms with Gasteiger partial charge < -0.3 is 10.3 Å². The van der Waals surface area contributed by atoms with Gasteiger partial charge in [-0.25, -0.2) is 0 Å². The zero-order valence-corrected chi connectivity index (χ0v) is 9.03. The van der Waals surface area contributed by atoms with Crippen molar-refractivity contribution in [2.75, 3.05) is 0 Å². The van der Waals surface area contributed by atoms with Gasteiger partial charge >= 0.3 is 0 Å². The highest BCUT2D eigenvalue weighted by Gasteiger charge is 2.77. The van der Waals surface area contributed by atoms with Gasteiger partial charge in [-0.15, -0.1) is 0 Å². The molecule has 2 aliphatic rings. The lowest BCUT2D eigenvalue weighted by molar-refractivity contribution is -0.273. The van der Waals surface area contributed by atoms with Gasteiger partial charge in [0.25, 0.3) is 0 Å². The molecule has 4 nitrogen and oxygen atoms in total. The van der Waals surface area contributed by atoms with E-state index in [0.29, 0.717) is 6.42 Å². The lowest BCUT2D eigenvalue weighted by Gasteiger charge is -2.49. The molecule has 2 N–H and O–H groups in total. The van der Waals surface area contributed by atoms with Crippen LogP contribution in [-0.4, -0.2) is 37.8 Å². The van der Waals surface area contributed by atoms with Gasteiger partial charge in [0.05, 0.1) is 11.5 Å². The van der Waals surface area contributed by atoms with Gasteiger partial charge in [-0.05, 0) is 34.1 Å². The van der Waals surface area contributed by atoms with Gasteiger partial charge in [0.1, 0.15) is 0 Å². The van der Waals surface area contributed by atoms with Crippen molar-refractivity contribution in [2.24, 2.45) is 5.92 Å². The number of hydroxylamine groups is 2.